The lowest BCUT2D eigenvalue weighted by Gasteiger charge is -2.37. The van der Waals surface area contributed by atoms with Crippen molar-refractivity contribution in [1.29, 1.82) is 0 Å². The van der Waals surface area contributed by atoms with Gasteiger partial charge in [0.25, 0.3) is 0 Å². The van der Waals surface area contributed by atoms with Gasteiger partial charge in [-0.3, -0.25) is 9.80 Å². The molecular weight excluding hydrogens is 666 g/mol. The molecule has 2 saturated heterocycles. The average molecular weight is 705 g/mol. The molecule has 0 bridgehead atoms. The maximum absolute atomic E-state index is 13.0. The van der Waals surface area contributed by atoms with Crippen LogP contribution in [0.2, 0.25) is 0 Å². The first-order valence-electron chi connectivity index (χ1n) is 14.0. The number of rotatable bonds is 11. The fraction of sp³-hybridized carbons (Fsp3) is 0.375. The predicted molar refractivity (Wildman–Crippen MR) is 177 cm³/mol. The minimum atomic E-state index is -0.552. The molecule has 3 aliphatic rings. The molecule has 2 heterocycles. The molecule has 0 N–H and O–H groups in total. The lowest BCUT2D eigenvalue weighted by Crippen LogP contribution is -2.47. The van der Waals surface area contributed by atoms with Gasteiger partial charge in [0.2, 0.25) is 0 Å². The van der Waals surface area contributed by atoms with Gasteiger partial charge < -0.3 is 17.3 Å². The Morgan fingerprint density at radius 1 is 1.24 bits per heavy atom. The van der Waals surface area contributed by atoms with E-state index in [0.717, 1.165) is 55.4 Å². The Balaban J connectivity index is 1.39. The molecule has 42 heavy (non-hydrogen) atoms. The van der Waals surface area contributed by atoms with Gasteiger partial charge in [0.05, 0.1) is 25.9 Å². The summed E-state index contributed by atoms with van der Waals surface area (Å²) in [6.45, 7) is 10.3. The number of benzene rings is 1. The number of nitrogens with zero attached hydrogens (tertiary/aromatic N) is 2. The lowest BCUT2D eigenvalue weighted by molar-refractivity contribution is 0.00314. The number of ether oxygens (including phenoxy) is 3. The van der Waals surface area contributed by atoms with E-state index in [4.69, 9.17) is 17.3 Å². The summed E-state index contributed by atoms with van der Waals surface area (Å²) in [5, 5.41) is 1.15. The highest BCUT2D eigenvalue weighted by atomic mass is 127. The first kappa shape index (κ1) is 32.2. The molecule has 1 spiro atoms. The van der Waals surface area contributed by atoms with Gasteiger partial charge in [-0.05, 0) is 47.5 Å². The summed E-state index contributed by atoms with van der Waals surface area (Å²) in [6, 6.07) is 4.99. The van der Waals surface area contributed by atoms with Crippen molar-refractivity contribution < 1.29 is 26.9 Å². The van der Waals surface area contributed by atoms with Crippen molar-refractivity contribution in [3.8, 4) is 5.75 Å². The van der Waals surface area contributed by atoms with E-state index in [9.17, 15) is 9.59 Å². The zero-order valence-corrected chi connectivity index (χ0v) is 27.5. The Labute approximate surface area is 264 Å². The van der Waals surface area contributed by atoms with Crippen LogP contribution in [0.5, 0.6) is 5.75 Å². The maximum Gasteiger partial charge on any atom is 0.415 e. The van der Waals surface area contributed by atoms with Crippen molar-refractivity contribution in [2.24, 2.45) is 0 Å². The van der Waals surface area contributed by atoms with Crippen molar-refractivity contribution in [2.75, 3.05) is 51.4 Å². The zero-order chi connectivity index (χ0) is 30.1. The van der Waals surface area contributed by atoms with E-state index in [1.807, 2.05) is 6.92 Å². The number of carbonyl (C=O) groups excluding carboxylic acids is 2. The van der Waals surface area contributed by atoms with Gasteiger partial charge in [0.15, 0.2) is 23.0 Å². The number of allylic oxidation sites excluding steroid dienone is 8. The molecule has 0 aromatic heterocycles. The van der Waals surface area contributed by atoms with Gasteiger partial charge in [0, 0.05) is 45.1 Å². The third-order valence-corrected chi connectivity index (χ3v) is 8.42. The number of halogens is 1. The van der Waals surface area contributed by atoms with Crippen molar-refractivity contribution in [1.82, 2.24) is 4.90 Å². The normalized spacial score (nSPS) is 19.0. The van der Waals surface area contributed by atoms with Crippen LogP contribution in [0, 0.1) is 0 Å². The molecule has 0 saturated carbocycles. The Morgan fingerprint density at radius 2 is 2.02 bits per heavy atom. The number of hydrogen-bond donors (Lipinski definition) is 0. The summed E-state index contributed by atoms with van der Waals surface area (Å²) in [4.78, 5) is 29.0. The van der Waals surface area contributed by atoms with Crippen molar-refractivity contribution in [3.63, 3.8) is 0 Å². The molecule has 2 aliphatic heterocycles. The van der Waals surface area contributed by atoms with Gasteiger partial charge in [-0.25, -0.2) is 9.59 Å². The third-order valence-electron chi connectivity index (χ3n) is 7.63. The quantitative estimate of drug-likeness (QED) is 0.110. The summed E-state index contributed by atoms with van der Waals surface area (Å²) < 4.78 is 21.8. The van der Waals surface area contributed by atoms with Crippen LogP contribution in [0.25, 0.3) is 0 Å². The second-order valence-electron chi connectivity index (χ2n) is 10.4. The molecule has 1 unspecified atom stereocenters. The Morgan fingerprint density at radius 3 is 2.74 bits per heavy atom. The SMILES string of the molecule is C=C(/C=C\C(=C/COCC)CN1CCC2(CC1)CN(c1ccc(C(=O)OI)c(OC)c1)C(=O)O2)C1=CC=C(P)C=CC1. The Bertz CT molecular complexity index is 1340. The van der Waals surface area contributed by atoms with E-state index >= 15 is 0 Å². The third kappa shape index (κ3) is 8.22. The molecule has 2 fully saturated rings. The van der Waals surface area contributed by atoms with Gasteiger partial charge in [-0.15, -0.1) is 9.24 Å². The molecular formula is C32H38IN2O6P. The number of piperidine rings is 1. The Hall–Kier alpha value is -2.72. The van der Waals surface area contributed by atoms with Gasteiger partial charge >= 0.3 is 12.1 Å². The molecule has 4 rings (SSSR count). The van der Waals surface area contributed by atoms with Crippen LogP contribution in [-0.2, 0) is 12.5 Å². The van der Waals surface area contributed by atoms with Crippen LogP contribution in [0.3, 0.4) is 0 Å². The molecule has 224 valence electrons. The van der Waals surface area contributed by atoms with Crippen LogP contribution >= 0.6 is 32.2 Å². The van der Waals surface area contributed by atoms with Crippen LogP contribution in [0.15, 0.2) is 89.3 Å². The number of likely N-dealkylation sites (tertiary alicyclic amines) is 1. The second kappa shape index (κ2) is 15.1. The average Bonchev–Trinajstić information content (AvgIpc) is 3.16. The van der Waals surface area contributed by atoms with Crippen molar-refractivity contribution >= 4 is 50.0 Å². The van der Waals surface area contributed by atoms with Gasteiger partial charge in [-0.2, -0.15) is 0 Å². The van der Waals surface area contributed by atoms with Gasteiger partial charge in [0.1, 0.15) is 16.9 Å². The molecule has 0 radical (unpaired) electrons. The van der Waals surface area contributed by atoms with Crippen LogP contribution in [0.1, 0.15) is 36.5 Å². The van der Waals surface area contributed by atoms with Crippen LogP contribution < -0.4 is 9.64 Å². The molecule has 1 aromatic rings. The predicted octanol–water partition coefficient (Wildman–Crippen LogP) is 6.71. The minimum absolute atomic E-state index is 0.297. The molecule has 10 heteroatoms. The summed E-state index contributed by atoms with van der Waals surface area (Å²) in [5.41, 5.74) is 3.71. The minimum Gasteiger partial charge on any atom is -0.496 e. The second-order valence-corrected chi connectivity index (χ2v) is 11.5. The fourth-order valence-electron chi connectivity index (χ4n) is 5.18. The summed E-state index contributed by atoms with van der Waals surface area (Å²) in [6.07, 6.45) is 16.7. The van der Waals surface area contributed by atoms with Gasteiger partial charge in [-0.1, -0.05) is 49.1 Å². The highest BCUT2D eigenvalue weighted by Crippen LogP contribution is 2.37. The van der Waals surface area contributed by atoms with Crippen molar-refractivity contribution in [3.05, 3.63) is 94.9 Å². The maximum atomic E-state index is 13.0. The van der Waals surface area contributed by atoms with E-state index in [2.05, 4.69) is 63.3 Å². The number of methoxy groups -OCH3 is 1. The van der Waals surface area contributed by atoms with Crippen LogP contribution in [-0.4, -0.2) is 69.1 Å². The number of anilines is 1. The lowest BCUT2D eigenvalue weighted by atomic mass is 9.91. The topological polar surface area (TPSA) is 77.5 Å². The van der Waals surface area contributed by atoms with E-state index in [1.54, 1.807) is 46.1 Å². The molecule has 8 nitrogen and oxygen atoms in total. The largest absolute Gasteiger partial charge is 0.496 e. The first-order valence-corrected chi connectivity index (χ1v) is 15.4. The van der Waals surface area contributed by atoms with E-state index < -0.39 is 11.6 Å². The summed E-state index contributed by atoms with van der Waals surface area (Å²) in [5.74, 6) is -0.164. The number of hydrogen-bond acceptors (Lipinski definition) is 7. The van der Waals surface area contributed by atoms with E-state index in [0.29, 0.717) is 36.8 Å². The summed E-state index contributed by atoms with van der Waals surface area (Å²) in [7, 11) is 4.21. The van der Waals surface area contributed by atoms with E-state index in [1.165, 1.54) is 12.7 Å². The monoisotopic (exact) mass is 704 g/mol. The van der Waals surface area contributed by atoms with Crippen molar-refractivity contribution in [2.45, 2.75) is 31.8 Å². The zero-order valence-electron chi connectivity index (χ0n) is 24.1. The summed E-state index contributed by atoms with van der Waals surface area (Å²) >= 11 is 1.54. The smallest absolute Gasteiger partial charge is 0.415 e. The highest BCUT2D eigenvalue weighted by molar-refractivity contribution is 14.1. The van der Waals surface area contributed by atoms with E-state index in [-0.39, 0.29) is 6.09 Å². The fourth-order valence-corrected chi connectivity index (χ4v) is 5.65. The molecule has 1 aromatic carbocycles. The van der Waals surface area contributed by atoms with Crippen LogP contribution in [0.4, 0.5) is 10.5 Å². The molecule has 1 amide bonds. The number of amides is 1. The Kier molecular flexibility index (Phi) is 11.6. The first-order chi connectivity index (χ1) is 20.3. The standard InChI is InChI=1S/C32H38IN2O6P/c1-4-39-19-14-24(9-8-23(2)25-6-5-7-27(42)12-10-25)21-34-17-15-32(16-18-34)22-35(31(37)40-32)26-11-13-28(30(36)41-33)29(20-26)38-3/h5,7-14,20H,2,4,6,15-19,21-22,42H2,1,3H3/b9-8-,24-14+. The highest BCUT2D eigenvalue weighted by Gasteiger charge is 2.47. The molecule has 1 aliphatic carbocycles. The molecule has 1 atom stereocenters. The number of carbonyl (C=O) groups is 2.